The van der Waals surface area contributed by atoms with Crippen LogP contribution in [0.25, 0.3) is 0 Å². The number of aromatic nitrogens is 2. The van der Waals surface area contributed by atoms with Gasteiger partial charge < -0.3 is 9.64 Å². The lowest BCUT2D eigenvalue weighted by Crippen LogP contribution is -2.56. The molecule has 1 aliphatic rings. The standard InChI is InChI=1S/C18H21N3O2/c1-11-6-5-7-12(2)17(11)23-15-8-21(9-15)18(22)16-13(3)19-10-20-14(16)4/h5-7,10,15H,8-9H2,1-4H3. The first kappa shape index (κ1) is 15.5. The van der Waals surface area contributed by atoms with Gasteiger partial charge in [0.25, 0.3) is 5.91 Å². The summed E-state index contributed by atoms with van der Waals surface area (Å²) < 4.78 is 6.06. The summed E-state index contributed by atoms with van der Waals surface area (Å²) in [5, 5.41) is 0. The van der Waals surface area contributed by atoms with E-state index in [-0.39, 0.29) is 12.0 Å². The summed E-state index contributed by atoms with van der Waals surface area (Å²) >= 11 is 0. The smallest absolute Gasteiger partial charge is 0.257 e. The van der Waals surface area contributed by atoms with E-state index in [1.54, 1.807) is 4.90 Å². The van der Waals surface area contributed by atoms with Crippen LogP contribution in [0.5, 0.6) is 5.75 Å². The monoisotopic (exact) mass is 311 g/mol. The van der Waals surface area contributed by atoms with Crippen LogP contribution in [0.4, 0.5) is 0 Å². The van der Waals surface area contributed by atoms with Crippen molar-refractivity contribution in [1.29, 1.82) is 0 Å². The third-order valence-electron chi connectivity index (χ3n) is 4.27. The molecular formula is C18H21N3O2. The van der Waals surface area contributed by atoms with Gasteiger partial charge in [-0.25, -0.2) is 9.97 Å². The zero-order valence-corrected chi connectivity index (χ0v) is 14.0. The van der Waals surface area contributed by atoms with Gasteiger partial charge in [-0.2, -0.15) is 0 Å². The minimum atomic E-state index is -0.0121. The first-order valence-corrected chi connectivity index (χ1v) is 7.77. The third kappa shape index (κ3) is 2.91. The molecule has 23 heavy (non-hydrogen) atoms. The Balaban J connectivity index is 1.66. The molecule has 1 amide bonds. The Hall–Kier alpha value is -2.43. The van der Waals surface area contributed by atoms with Gasteiger partial charge in [0.15, 0.2) is 0 Å². The van der Waals surface area contributed by atoms with Crippen LogP contribution in [0, 0.1) is 27.7 Å². The number of aryl methyl sites for hydroxylation is 4. The Morgan fingerprint density at radius 3 is 2.22 bits per heavy atom. The second-order valence-electron chi connectivity index (χ2n) is 6.09. The fraction of sp³-hybridized carbons (Fsp3) is 0.389. The Kier molecular flexibility index (Phi) is 4.03. The molecule has 1 aromatic carbocycles. The van der Waals surface area contributed by atoms with Crippen LogP contribution < -0.4 is 4.74 Å². The van der Waals surface area contributed by atoms with E-state index in [2.05, 4.69) is 9.97 Å². The molecule has 1 aliphatic heterocycles. The van der Waals surface area contributed by atoms with Gasteiger partial charge in [-0.1, -0.05) is 18.2 Å². The predicted molar refractivity (Wildman–Crippen MR) is 87.7 cm³/mol. The Morgan fingerprint density at radius 1 is 1.09 bits per heavy atom. The highest BCUT2D eigenvalue weighted by atomic mass is 16.5. The number of nitrogens with zero attached hydrogens (tertiary/aromatic N) is 3. The van der Waals surface area contributed by atoms with E-state index in [0.29, 0.717) is 18.7 Å². The van der Waals surface area contributed by atoms with Crippen molar-refractivity contribution in [2.75, 3.05) is 13.1 Å². The highest BCUT2D eigenvalue weighted by Crippen LogP contribution is 2.27. The van der Waals surface area contributed by atoms with Gasteiger partial charge >= 0.3 is 0 Å². The third-order valence-corrected chi connectivity index (χ3v) is 4.27. The second kappa shape index (κ2) is 5.99. The lowest BCUT2D eigenvalue weighted by atomic mass is 10.1. The molecule has 0 radical (unpaired) electrons. The molecule has 0 bridgehead atoms. The number of hydrogen-bond acceptors (Lipinski definition) is 4. The number of likely N-dealkylation sites (tertiary alicyclic amines) is 1. The number of para-hydroxylation sites is 1. The molecule has 3 rings (SSSR count). The fourth-order valence-corrected chi connectivity index (χ4v) is 2.89. The summed E-state index contributed by atoms with van der Waals surface area (Å²) in [4.78, 5) is 22.6. The number of benzene rings is 1. The maximum atomic E-state index is 12.6. The van der Waals surface area contributed by atoms with Crippen molar-refractivity contribution in [3.05, 3.63) is 52.6 Å². The minimum Gasteiger partial charge on any atom is -0.486 e. The summed E-state index contributed by atoms with van der Waals surface area (Å²) in [5.74, 6) is 0.918. The zero-order valence-electron chi connectivity index (χ0n) is 14.0. The summed E-state index contributed by atoms with van der Waals surface area (Å²) in [7, 11) is 0. The molecule has 0 atom stereocenters. The largest absolute Gasteiger partial charge is 0.486 e. The number of carbonyl (C=O) groups excluding carboxylic acids is 1. The SMILES string of the molecule is Cc1cccc(C)c1OC1CN(C(=O)c2c(C)ncnc2C)C1. The average Bonchev–Trinajstić information content (AvgIpc) is 2.44. The molecule has 0 spiro atoms. The molecule has 1 fully saturated rings. The van der Waals surface area contributed by atoms with Crippen molar-refractivity contribution >= 4 is 5.91 Å². The van der Waals surface area contributed by atoms with E-state index in [1.165, 1.54) is 6.33 Å². The van der Waals surface area contributed by atoms with Crippen molar-refractivity contribution in [3.63, 3.8) is 0 Å². The van der Waals surface area contributed by atoms with Gasteiger partial charge in [0.05, 0.1) is 30.0 Å². The number of hydrogen-bond donors (Lipinski definition) is 0. The molecule has 0 aliphatic carbocycles. The number of amides is 1. The van der Waals surface area contributed by atoms with E-state index < -0.39 is 0 Å². The summed E-state index contributed by atoms with van der Waals surface area (Å²) in [6, 6.07) is 6.10. The van der Waals surface area contributed by atoms with E-state index in [1.807, 2.05) is 45.9 Å². The van der Waals surface area contributed by atoms with Crippen LogP contribution in [-0.4, -0.2) is 40.0 Å². The van der Waals surface area contributed by atoms with Gasteiger partial charge in [-0.15, -0.1) is 0 Å². The zero-order chi connectivity index (χ0) is 16.6. The van der Waals surface area contributed by atoms with Crippen LogP contribution >= 0.6 is 0 Å². The maximum absolute atomic E-state index is 12.6. The van der Waals surface area contributed by atoms with Crippen LogP contribution in [0.2, 0.25) is 0 Å². The van der Waals surface area contributed by atoms with Crippen molar-refractivity contribution in [1.82, 2.24) is 14.9 Å². The van der Waals surface area contributed by atoms with Crippen molar-refractivity contribution in [2.45, 2.75) is 33.8 Å². The molecule has 1 saturated heterocycles. The second-order valence-corrected chi connectivity index (χ2v) is 6.09. The molecule has 2 aromatic rings. The summed E-state index contributed by atoms with van der Waals surface area (Å²) in [5.41, 5.74) is 4.30. The van der Waals surface area contributed by atoms with E-state index >= 15 is 0 Å². The number of rotatable bonds is 3. The van der Waals surface area contributed by atoms with Gasteiger partial charge in [0, 0.05) is 0 Å². The van der Waals surface area contributed by atoms with Gasteiger partial charge in [-0.3, -0.25) is 4.79 Å². The minimum absolute atomic E-state index is 0.0121. The topological polar surface area (TPSA) is 55.3 Å². The Labute approximate surface area is 136 Å². The molecule has 1 aromatic heterocycles. The van der Waals surface area contributed by atoms with Crippen LogP contribution in [-0.2, 0) is 0 Å². The number of carbonyl (C=O) groups is 1. The van der Waals surface area contributed by atoms with Gasteiger partial charge in [0.1, 0.15) is 18.2 Å². The maximum Gasteiger partial charge on any atom is 0.257 e. The van der Waals surface area contributed by atoms with E-state index in [0.717, 1.165) is 28.3 Å². The summed E-state index contributed by atoms with van der Waals surface area (Å²) in [6.45, 7) is 8.95. The van der Waals surface area contributed by atoms with Crippen molar-refractivity contribution in [2.24, 2.45) is 0 Å². The molecule has 120 valence electrons. The lowest BCUT2D eigenvalue weighted by Gasteiger charge is -2.39. The molecule has 2 heterocycles. The fourth-order valence-electron chi connectivity index (χ4n) is 2.89. The molecule has 0 unspecified atom stereocenters. The quantitative estimate of drug-likeness (QED) is 0.874. The Bertz CT molecular complexity index is 711. The van der Waals surface area contributed by atoms with Crippen molar-refractivity contribution < 1.29 is 9.53 Å². The Morgan fingerprint density at radius 2 is 1.65 bits per heavy atom. The lowest BCUT2D eigenvalue weighted by molar-refractivity contribution is 0.0171. The van der Waals surface area contributed by atoms with Crippen LogP contribution in [0.1, 0.15) is 32.9 Å². The molecule has 0 N–H and O–H groups in total. The van der Waals surface area contributed by atoms with Crippen molar-refractivity contribution in [3.8, 4) is 5.75 Å². The van der Waals surface area contributed by atoms with Crippen LogP contribution in [0.3, 0.4) is 0 Å². The normalized spacial score (nSPS) is 14.5. The predicted octanol–water partition coefficient (Wildman–Crippen LogP) is 2.61. The highest BCUT2D eigenvalue weighted by Gasteiger charge is 2.34. The molecule has 0 saturated carbocycles. The van der Waals surface area contributed by atoms with Crippen LogP contribution in [0.15, 0.2) is 24.5 Å². The highest BCUT2D eigenvalue weighted by molar-refractivity contribution is 5.96. The van der Waals surface area contributed by atoms with E-state index in [4.69, 9.17) is 4.74 Å². The van der Waals surface area contributed by atoms with Gasteiger partial charge in [0.2, 0.25) is 0 Å². The van der Waals surface area contributed by atoms with E-state index in [9.17, 15) is 4.79 Å². The summed E-state index contributed by atoms with van der Waals surface area (Å²) in [6.07, 6.45) is 1.54. The first-order chi connectivity index (χ1) is 11.0. The van der Waals surface area contributed by atoms with Gasteiger partial charge in [-0.05, 0) is 38.8 Å². The molecule has 5 heteroatoms. The average molecular weight is 311 g/mol. The molecule has 5 nitrogen and oxygen atoms in total. The first-order valence-electron chi connectivity index (χ1n) is 7.77. The number of ether oxygens (including phenoxy) is 1. The molecular weight excluding hydrogens is 290 g/mol.